The molecule has 13 rings (SSSR count). The smallest absolute Gasteiger partial charge is 0.240 e. The van der Waals surface area contributed by atoms with Crippen molar-refractivity contribution in [3.8, 4) is 34.4 Å². The van der Waals surface area contributed by atoms with Crippen LogP contribution in [-0.2, 0) is 0 Å². The van der Waals surface area contributed by atoms with Gasteiger partial charge in [-0.05, 0) is 59.7 Å². The van der Waals surface area contributed by atoms with Crippen LogP contribution < -0.4 is 0 Å². The molecule has 0 aliphatic heterocycles. The van der Waals surface area contributed by atoms with Crippen molar-refractivity contribution in [1.82, 2.24) is 28.5 Å². The number of para-hydroxylation sites is 6. The summed E-state index contributed by atoms with van der Waals surface area (Å²) in [6.07, 6.45) is 0. The van der Waals surface area contributed by atoms with Gasteiger partial charge >= 0.3 is 0 Å². The van der Waals surface area contributed by atoms with Crippen LogP contribution in [0.3, 0.4) is 0 Å². The lowest BCUT2D eigenvalue weighted by Crippen LogP contribution is -2.10. The zero-order valence-electron chi connectivity index (χ0n) is 30.5. The molecule has 5 aromatic heterocycles. The quantitative estimate of drug-likeness (QED) is 0.181. The molecule has 13 aromatic rings. The summed E-state index contributed by atoms with van der Waals surface area (Å²) in [5.41, 5.74) is 11.1. The molecule has 57 heavy (non-hydrogen) atoms. The Hall–Kier alpha value is -7.83. The first kappa shape index (κ1) is 30.5. The summed E-state index contributed by atoms with van der Waals surface area (Å²) in [7, 11) is 0. The van der Waals surface area contributed by atoms with E-state index in [1.165, 1.54) is 38.1 Å². The Labute approximate surface area is 325 Å². The van der Waals surface area contributed by atoms with Gasteiger partial charge in [0, 0.05) is 48.7 Å². The third kappa shape index (κ3) is 4.21. The van der Waals surface area contributed by atoms with Crippen molar-refractivity contribution in [2.45, 2.75) is 0 Å². The highest BCUT2D eigenvalue weighted by atomic mass is 15.3. The Morgan fingerprint density at radius 1 is 0.281 bits per heavy atom. The van der Waals surface area contributed by atoms with Crippen LogP contribution in [-0.4, -0.2) is 28.5 Å². The van der Waals surface area contributed by atoms with E-state index in [-0.39, 0.29) is 0 Å². The lowest BCUT2D eigenvalue weighted by molar-refractivity contribution is 0.893. The monoisotopic (exact) mass is 726 g/mol. The Morgan fingerprint density at radius 3 is 1.25 bits per heavy atom. The predicted octanol–water partition coefficient (Wildman–Crippen LogP) is 12.5. The minimum absolute atomic E-state index is 0.569. The zero-order valence-corrected chi connectivity index (χ0v) is 30.5. The second kappa shape index (κ2) is 11.4. The summed E-state index contributed by atoms with van der Waals surface area (Å²) >= 11 is 0. The molecule has 6 heteroatoms. The molecule has 8 aromatic carbocycles. The van der Waals surface area contributed by atoms with Crippen LogP contribution in [0.25, 0.3) is 116 Å². The highest BCUT2D eigenvalue weighted by molar-refractivity contribution is 6.23. The highest BCUT2D eigenvalue weighted by Gasteiger charge is 2.21. The Bertz CT molecular complexity index is 3530. The first-order valence-electron chi connectivity index (χ1n) is 19.3. The molecule has 0 fully saturated rings. The molecule has 0 spiro atoms. The van der Waals surface area contributed by atoms with Crippen molar-refractivity contribution >= 4 is 81.7 Å². The fourth-order valence-corrected chi connectivity index (χ4v) is 9.41. The summed E-state index contributed by atoms with van der Waals surface area (Å²) in [5, 5.41) is 9.70. The number of hydrogen-bond donors (Lipinski definition) is 0. The van der Waals surface area contributed by atoms with Gasteiger partial charge in [-0.2, -0.15) is 15.0 Å². The maximum atomic E-state index is 5.32. The van der Waals surface area contributed by atoms with Gasteiger partial charge in [0.25, 0.3) is 0 Å². The van der Waals surface area contributed by atoms with Gasteiger partial charge in [0.15, 0.2) is 5.82 Å². The van der Waals surface area contributed by atoms with Crippen molar-refractivity contribution < 1.29 is 0 Å². The number of rotatable bonds is 4. The van der Waals surface area contributed by atoms with Gasteiger partial charge in [-0.3, -0.25) is 9.13 Å². The molecule has 0 amide bonds. The van der Waals surface area contributed by atoms with Gasteiger partial charge in [0.05, 0.1) is 38.6 Å². The van der Waals surface area contributed by atoms with Crippen molar-refractivity contribution in [3.05, 3.63) is 182 Å². The van der Waals surface area contributed by atoms with Gasteiger partial charge in [0.2, 0.25) is 11.9 Å². The van der Waals surface area contributed by atoms with E-state index in [0.29, 0.717) is 17.7 Å². The summed E-state index contributed by atoms with van der Waals surface area (Å²) < 4.78 is 6.78. The van der Waals surface area contributed by atoms with Crippen molar-refractivity contribution in [2.75, 3.05) is 0 Å². The number of benzene rings is 8. The molecule has 264 valence electrons. The van der Waals surface area contributed by atoms with Crippen LogP contribution >= 0.6 is 0 Å². The lowest BCUT2D eigenvalue weighted by atomic mass is 10.00. The van der Waals surface area contributed by atoms with E-state index in [4.69, 9.17) is 15.0 Å². The van der Waals surface area contributed by atoms with Crippen molar-refractivity contribution in [2.24, 2.45) is 0 Å². The largest absolute Gasteiger partial charge is 0.308 e. The summed E-state index contributed by atoms with van der Waals surface area (Å²) in [4.78, 5) is 15.9. The fourth-order valence-electron chi connectivity index (χ4n) is 9.41. The maximum absolute atomic E-state index is 5.32. The standard InChI is InChI=1S/C51H30N6/c1-7-23-43-34(15-1)35-16-2-8-24-44(35)56(43)50-52-49(53-51(54-50)57-45-25-9-3-17-36(45)37-18-4-10-26-46(37)57)33-14-11-13-31(29-33)32-27-28-47-41(30-32)40-21-12-20-39-38-19-5-6-22-42(38)55(47)48(39)40/h1-30H. The first-order chi connectivity index (χ1) is 28.3. The van der Waals surface area contributed by atoms with E-state index in [0.717, 1.165) is 60.3 Å². The van der Waals surface area contributed by atoms with Crippen LogP contribution in [0.5, 0.6) is 0 Å². The Kier molecular flexibility index (Phi) is 6.07. The molecular weight excluding hydrogens is 697 g/mol. The van der Waals surface area contributed by atoms with Crippen LogP contribution in [0.1, 0.15) is 0 Å². The van der Waals surface area contributed by atoms with Gasteiger partial charge in [-0.1, -0.05) is 133 Å². The molecule has 0 N–H and O–H groups in total. The van der Waals surface area contributed by atoms with Gasteiger partial charge in [-0.15, -0.1) is 0 Å². The van der Waals surface area contributed by atoms with E-state index in [1.807, 2.05) is 0 Å². The number of fused-ring (bicyclic) bond motifs is 12. The fraction of sp³-hybridized carbons (Fsp3) is 0. The summed E-state index contributed by atoms with van der Waals surface area (Å²) in [6.45, 7) is 0. The zero-order chi connectivity index (χ0) is 37.2. The third-order valence-electron chi connectivity index (χ3n) is 11.8. The van der Waals surface area contributed by atoms with E-state index < -0.39 is 0 Å². The maximum Gasteiger partial charge on any atom is 0.240 e. The molecule has 6 nitrogen and oxygen atoms in total. The minimum atomic E-state index is 0.569. The summed E-state index contributed by atoms with van der Waals surface area (Å²) in [6, 6.07) is 64.8. The van der Waals surface area contributed by atoms with Crippen LogP contribution in [0.15, 0.2) is 182 Å². The molecular formula is C51H30N6. The van der Waals surface area contributed by atoms with Crippen LogP contribution in [0, 0.1) is 0 Å². The number of aromatic nitrogens is 6. The van der Waals surface area contributed by atoms with E-state index in [2.05, 4.69) is 196 Å². The second-order valence-corrected chi connectivity index (χ2v) is 14.9. The Balaban J connectivity index is 1.05. The van der Waals surface area contributed by atoms with Crippen molar-refractivity contribution in [1.29, 1.82) is 0 Å². The topological polar surface area (TPSA) is 52.9 Å². The average molecular weight is 727 g/mol. The third-order valence-corrected chi connectivity index (χ3v) is 11.8. The average Bonchev–Trinajstić information content (AvgIpc) is 4.01. The molecule has 0 saturated heterocycles. The molecule has 0 bridgehead atoms. The highest BCUT2D eigenvalue weighted by Crippen LogP contribution is 2.41. The predicted molar refractivity (Wildman–Crippen MR) is 234 cm³/mol. The molecule has 0 radical (unpaired) electrons. The molecule has 5 heterocycles. The number of hydrogen-bond acceptors (Lipinski definition) is 3. The van der Waals surface area contributed by atoms with Gasteiger partial charge in [-0.25, -0.2) is 0 Å². The minimum Gasteiger partial charge on any atom is -0.308 e. The van der Waals surface area contributed by atoms with Gasteiger partial charge in [0.1, 0.15) is 0 Å². The van der Waals surface area contributed by atoms with Crippen molar-refractivity contribution in [3.63, 3.8) is 0 Å². The van der Waals surface area contributed by atoms with E-state index >= 15 is 0 Å². The van der Waals surface area contributed by atoms with Gasteiger partial charge < -0.3 is 4.40 Å². The molecule has 0 unspecified atom stereocenters. The molecule has 0 aliphatic carbocycles. The Morgan fingerprint density at radius 2 is 0.684 bits per heavy atom. The SMILES string of the molecule is c1cc(-c2ccc3c(c2)c2cccc4c5ccccc5n3c42)cc(-c2nc(-n3c4ccccc4c4ccccc43)nc(-n3c4ccccc4c4ccccc43)n2)c1. The summed E-state index contributed by atoms with van der Waals surface area (Å²) in [5.74, 6) is 1.74. The molecule has 0 atom stereocenters. The second-order valence-electron chi connectivity index (χ2n) is 14.9. The lowest BCUT2D eigenvalue weighted by Gasteiger charge is -2.13. The van der Waals surface area contributed by atoms with E-state index in [9.17, 15) is 0 Å². The van der Waals surface area contributed by atoms with Crippen LogP contribution in [0.4, 0.5) is 0 Å². The molecule has 0 saturated carbocycles. The molecule has 0 aliphatic rings. The van der Waals surface area contributed by atoms with Crippen LogP contribution in [0.2, 0.25) is 0 Å². The first-order valence-corrected chi connectivity index (χ1v) is 19.3. The normalized spacial score (nSPS) is 12.2. The van der Waals surface area contributed by atoms with E-state index in [1.54, 1.807) is 0 Å². The number of nitrogens with zero attached hydrogens (tertiary/aromatic N) is 6.